The van der Waals surface area contributed by atoms with Crippen molar-refractivity contribution >= 4 is 69.0 Å². The molecular formula is C20H18N8O5S3. The minimum atomic E-state index is -1.24. The van der Waals surface area contributed by atoms with Gasteiger partial charge in [0.05, 0.1) is 23.5 Å². The number of nitrogen functional groups attached to an aromatic ring is 1. The van der Waals surface area contributed by atoms with Gasteiger partial charge < -0.3 is 21.0 Å². The van der Waals surface area contributed by atoms with Crippen LogP contribution in [0.25, 0.3) is 5.52 Å². The number of fused-ring (bicyclic) bond motifs is 2. The Morgan fingerprint density at radius 1 is 1.42 bits per heavy atom. The zero-order valence-electron chi connectivity index (χ0n) is 18.5. The van der Waals surface area contributed by atoms with Crippen molar-refractivity contribution in [1.29, 1.82) is 0 Å². The van der Waals surface area contributed by atoms with E-state index in [1.54, 1.807) is 22.3 Å². The van der Waals surface area contributed by atoms with Gasteiger partial charge in [-0.1, -0.05) is 10.4 Å². The van der Waals surface area contributed by atoms with Crippen molar-refractivity contribution in [3.8, 4) is 0 Å². The number of anilines is 1. The van der Waals surface area contributed by atoms with Crippen LogP contribution in [-0.2, 0) is 19.2 Å². The van der Waals surface area contributed by atoms with Crippen LogP contribution in [0, 0.1) is 0 Å². The highest BCUT2D eigenvalue weighted by Crippen LogP contribution is 2.44. The van der Waals surface area contributed by atoms with Gasteiger partial charge in [0.2, 0.25) is 5.91 Å². The van der Waals surface area contributed by atoms with Gasteiger partial charge in [-0.25, -0.2) is 14.3 Å². The van der Waals surface area contributed by atoms with Gasteiger partial charge in [-0.05, 0) is 12.1 Å². The molecule has 1 unspecified atom stereocenters. The Labute approximate surface area is 215 Å². The number of amides is 2. The molecule has 5 rings (SSSR count). The summed E-state index contributed by atoms with van der Waals surface area (Å²) in [6, 6.07) is 3.70. The number of carbonyl (C=O) groups is 3. The van der Waals surface area contributed by atoms with Crippen molar-refractivity contribution in [3.05, 3.63) is 46.9 Å². The second-order valence-corrected chi connectivity index (χ2v) is 10.8. The third-order valence-electron chi connectivity index (χ3n) is 5.35. The highest BCUT2D eigenvalue weighted by molar-refractivity contribution is 8.01. The molecule has 2 aliphatic rings. The Kier molecular flexibility index (Phi) is 6.55. The lowest BCUT2D eigenvalue weighted by molar-refractivity contribution is -0.146. The first-order chi connectivity index (χ1) is 17.4. The number of nitrogens with two attached hydrogens (primary N) is 1. The number of hydrogen-bond acceptors (Lipinski definition) is 12. The second-order valence-electron chi connectivity index (χ2n) is 7.54. The number of oxime groups is 1. The summed E-state index contributed by atoms with van der Waals surface area (Å²) < 4.78 is 1.60. The lowest BCUT2D eigenvalue weighted by Crippen LogP contribution is -2.58. The summed E-state index contributed by atoms with van der Waals surface area (Å²) >= 11 is 3.78. The summed E-state index contributed by atoms with van der Waals surface area (Å²) in [4.78, 5) is 48.8. The molecule has 3 aromatic heterocycles. The standard InChI is InChI=1S/C20H18N8O5S3/c1-33-25-15(12-8-35-20(21)23-12)17(30)24-18-11(16(19(31)32)28-13(29)4-14(28)36-18)7-34-10-3-2-9-5-22-26-27(9)6-10/h2-3,5-6,8,14,18H,4,7H2,1H3,(H2,21,23)(H,24,30)(H,31,32)/b25-15-/t14-,18?/m1/s1. The molecule has 186 valence electrons. The molecule has 4 N–H and O–H groups in total. The van der Waals surface area contributed by atoms with Crippen molar-refractivity contribution in [2.45, 2.75) is 22.1 Å². The van der Waals surface area contributed by atoms with E-state index in [0.29, 0.717) is 5.57 Å². The molecular weight excluding hydrogens is 528 g/mol. The number of thiazole rings is 1. The van der Waals surface area contributed by atoms with Crippen molar-refractivity contribution in [2.24, 2.45) is 5.16 Å². The molecule has 13 nitrogen and oxygen atoms in total. The molecule has 1 fully saturated rings. The summed E-state index contributed by atoms with van der Waals surface area (Å²) in [6.45, 7) is 0. The van der Waals surface area contributed by atoms with E-state index in [9.17, 15) is 19.5 Å². The third-order valence-corrected chi connectivity index (χ3v) is 8.42. The molecule has 0 aromatic carbocycles. The van der Waals surface area contributed by atoms with E-state index >= 15 is 0 Å². The van der Waals surface area contributed by atoms with Gasteiger partial charge in [0.1, 0.15) is 23.9 Å². The molecule has 2 aliphatic heterocycles. The first-order valence-electron chi connectivity index (χ1n) is 10.4. The van der Waals surface area contributed by atoms with E-state index in [1.165, 1.54) is 35.5 Å². The van der Waals surface area contributed by atoms with Crippen LogP contribution in [0.5, 0.6) is 0 Å². The molecule has 0 spiro atoms. The first kappa shape index (κ1) is 24.1. The number of nitrogens with zero attached hydrogens (tertiary/aromatic N) is 6. The monoisotopic (exact) mass is 546 g/mol. The number of hydrogen-bond donors (Lipinski definition) is 3. The Bertz CT molecular complexity index is 1430. The van der Waals surface area contributed by atoms with Crippen LogP contribution in [0.4, 0.5) is 5.13 Å². The van der Waals surface area contributed by atoms with Crippen LogP contribution < -0.4 is 11.1 Å². The molecule has 3 aromatic rings. The number of carboxylic acids is 1. The third kappa shape index (κ3) is 4.49. The number of thioether (sulfide) groups is 2. The number of carboxylic acid groups (broad SMARTS) is 1. The lowest BCUT2D eigenvalue weighted by atomic mass is 10.1. The quantitative estimate of drug-likeness (QED) is 0.159. The van der Waals surface area contributed by atoms with Crippen LogP contribution in [0.2, 0.25) is 0 Å². The molecule has 2 atom stereocenters. The van der Waals surface area contributed by atoms with E-state index in [1.807, 2.05) is 12.1 Å². The van der Waals surface area contributed by atoms with Crippen molar-refractivity contribution in [2.75, 3.05) is 18.6 Å². The summed E-state index contributed by atoms with van der Waals surface area (Å²) in [6.07, 6.45) is 3.57. The van der Waals surface area contributed by atoms with E-state index in [0.717, 1.165) is 21.7 Å². The average molecular weight is 547 g/mol. The zero-order chi connectivity index (χ0) is 25.4. The molecule has 36 heavy (non-hydrogen) atoms. The van der Waals surface area contributed by atoms with Gasteiger partial charge in [0.25, 0.3) is 5.91 Å². The Hall–Kier alpha value is -3.63. The SMILES string of the molecule is CO/N=C(\C(=O)NC1S[C@@H]2CC(=O)N2C(C(=O)O)=C1CSc1ccc2cnnn2c1)c1csc(N)n1. The summed E-state index contributed by atoms with van der Waals surface area (Å²) in [5.41, 5.74) is 6.90. The molecule has 5 heterocycles. The molecule has 0 bridgehead atoms. The molecule has 0 saturated carbocycles. The minimum Gasteiger partial charge on any atom is -0.477 e. The topological polar surface area (TPSA) is 177 Å². The summed E-state index contributed by atoms with van der Waals surface area (Å²) in [7, 11) is 1.30. The predicted octanol–water partition coefficient (Wildman–Crippen LogP) is 0.997. The van der Waals surface area contributed by atoms with E-state index in [2.05, 4.69) is 25.8 Å². The van der Waals surface area contributed by atoms with Crippen LogP contribution >= 0.6 is 34.9 Å². The number of aliphatic carboxylic acids is 1. The maximum Gasteiger partial charge on any atom is 0.352 e. The molecule has 2 amide bonds. The fourth-order valence-electron chi connectivity index (χ4n) is 3.72. The Balaban J connectivity index is 1.45. The number of β-lactam (4-membered cyclic amide) rings is 1. The molecule has 0 aliphatic carbocycles. The molecule has 16 heteroatoms. The van der Waals surface area contributed by atoms with Gasteiger partial charge >= 0.3 is 5.97 Å². The average Bonchev–Trinajstić information content (AvgIpc) is 3.49. The summed E-state index contributed by atoms with van der Waals surface area (Å²) in [5, 5.41) is 25.2. The highest BCUT2D eigenvalue weighted by atomic mass is 32.2. The Morgan fingerprint density at radius 3 is 2.94 bits per heavy atom. The maximum atomic E-state index is 13.2. The fourth-order valence-corrected chi connectivity index (χ4v) is 6.77. The second kappa shape index (κ2) is 9.79. The van der Waals surface area contributed by atoms with Crippen LogP contribution in [-0.4, -0.2) is 76.9 Å². The fraction of sp³-hybridized carbons (Fsp3) is 0.250. The zero-order valence-corrected chi connectivity index (χ0v) is 21.0. The van der Waals surface area contributed by atoms with Crippen molar-refractivity contribution < 1.29 is 24.3 Å². The van der Waals surface area contributed by atoms with Crippen molar-refractivity contribution in [3.63, 3.8) is 0 Å². The van der Waals surface area contributed by atoms with Crippen LogP contribution in [0.1, 0.15) is 12.1 Å². The van der Waals surface area contributed by atoms with Crippen molar-refractivity contribution in [1.82, 2.24) is 30.0 Å². The van der Waals surface area contributed by atoms with Gasteiger partial charge in [0.15, 0.2) is 10.8 Å². The van der Waals surface area contributed by atoms with E-state index in [4.69, 9.17) is 10.6 Å². The maximum absolute atomic E-state index is 13.2. The number of aromatic nitrogens is 4. The van der Waals surface area contributed by atoms with Gasteiger partial charge in [-0.2, -0.15) is 0 Å². The smallest absolute Gasteiger partial charge is 0.352 e. The largest absolute Gasteiger partial charge is 0.477 e. The van der Waals surface area contributed by atoms with Crippen LogP contribution in [0.3, 0.4) is 0 Å². The number of nitrogens with one attached hydrogen (secondary N) is 1. The summed E-state index contributed by atoms with van der Waals surface area (Å²) in [5.74, 6) is -1.94. The number of rotatable bonds is 8. The van der Waals surface area contributed by atoms with E-state index in [-0.39, 0.29) is 40.3 Å². The molecule has 1 saturated heterocycles. The predicted molar refractivity (Wildman–Crippen MR) is 133 cm³/mol. The molecule has 0 radical (unpaired) electrons. The van der Waals surface area contributed by atoms with E-state index < -0.39 is 22.6 Å². The van der Waals surface area contributed by atoms with Gasteiger partial charge in [0, 0.05) is 27.8 Å². The van der Waals surface area contributed by atoms with Crippen LogP contribution in [0.15, 0.2) is 51.2 Å². The number of carbonyl (C=O) groups excluding carboxylic acids is 2. The lowest BCUT2D eigenvalue weighted by Gasteiger charge is -2.46. The first-order valence-corrected chi connectivity index (χ1v) is 13.2. The van der Waals surface area contributed by atoms with Gasteiger partial charge in [-0.15, -0.1) is 40.0 Å². The minimum absolute atomic E-state index is 0.0984. The Morgan fingerprint density at radius 2 is 2.25 bits per heavy atom. The number of pyridine rings is 1. The van der Waals surface area contributed by atoms with Gasteiger partial charge in [-0.3, -0.25) is 14.5 Å². The normalized spacial score (nSPS) is 19.8. The highest BCUT2D eigenvalue weighted by Gasteiger charge is 2.49.